The van der Waals surface area contributed by atoms with Gasteiger partial charge in [0.05, 0.1) is 0 Å². The summed E-state index contributed by atoms with van der Waals surface area (Å²) in [5.41, 5.74) is 8.07. The van der Waals surface area contributed by atoms with Gasteiger partial charge in [-0.2, -0.15) is 4.98 Å². The summed E-state index contributed by atoms with van der Waals surface area (Å²) in [6.45, 7) is 2.27. The van der Waals surface area contributed by atoms with Gasteiger partial charge >= 0.3 is 0 Å². The largest absolute Gasteiger partial charge is 0.423 e. The van der Waals surface area contributed by atoms with Crippen molar-refractivity contribution in [3.8, 4) is 0 Å². The Bertz CT molecular complexity index is 564. The number of nitrogen functional groups attached to an aromatic ring is 1. The first-order valence-corrected chi connectivity index (χ1v) is 7.17. The first-order chi connectivity index (χ1) is 9.24. The molecule has 2 atom stereocenters. The number of nitrogens with one attached hydrogen (secondary N) is 1. The smallest absolute Gasteiger partial charge is 0.295 e. The van der Waals surface area contributed by atoms with Crippen LogP contribution >= 0.6 is 0 Å². The Morgan fingerprint density at radius 2 is 2.32 bits per heavy atom. The van der Waals surface area contributed by atoms with Crippen LogP contribution in [0.15, 0.2) is 22.6 Å². The van der Waals surface area contributed by atoms with E-state index >= 15 is 0 Å². The zero-order valence-electron chi connectivity index (χ0n) is 11.4. The molecular weight excluding hydrogens is 238 g/mol. The molecule has 3 rings (SSSR count). The van der Waals surface area contributed by atoms with Gasteiger partial charge in [-0.05, 0) is 30.9 Å². The number of benzene rings is 1. The van der Waals surface area contributed by atoms with E-state index in [4.69, 9.17) is 10.2 Å². The number of hydrogen-bond donors (Lipinski definition) is 2. The molecule has 1 aliphatic carbocycles. The van der Waals surface area contributed by atoms with Crippen LogP contribution in [0.2, 0.25) is 0 Å². The van der Waals surface area contributed by atoms with Crippen molar-refractivity contribution in [2.75, 3.05) is 11.1 Å². The second kappa shape index (κ2) is 5.11. The third kappa shape index (κ3) is 2.67. The topological polar surface area (TPSA) is 64.1 Å². The molecule has 0 saturated heterocycles. The van der Waals surface area contributed by atoms with Crippen molar-refractivity contribution >= 4 is 22.8 Å². The molecule has 1 fully saturated rings. The van der Waals surface area contributed by atoms with Crippen LogP contribution in [-0.4, -0.2) is 11.0 Å². The molecule has 1 aromatic carbocycles. The highest BCUT2D eigenvalue weighted by Gasteiger charge is 2.21. The minimum atomic E-state index is 0.490. The quantitative estimate of drug-likeness (QED) is 0.823. The van der Waals surface area contributed by atoms with Crippen LogP contribution in [0.25, 0.3) is 11.1 Å². The maximum Gasteiger partial charge on any atom is 0.295 e. The van der Waals surface area contributed by atoms with Gasteiger partial charge in [0.25, 0.3) is 6.01 Å². The Morgan fingerprint density at radius 1 is 1.42 bits per heavy atom. The van der Waals surface area contributed by atoms with Gasteiger partial charge in [0.15, 0.2) is 5.58 Å². The average Bonchev–Trinajstić information content (AvgIpc) is 2.80. The zero-order chi connectivity index (χ0) is 13.2. The number of aromatic nitrogens is 1. The molecule has 3 N–H and O–H groups in total. The Morgan fingerprint density at radius 3 is 3.16 bits per heavy atom. The van der Waals surface area contributed by atoms with E-state index in [1.807, 2.05) is 18.2 Å². The molecular formula is C15H21N3O. The van der Waals surface area contributed by atoms with Gasteiger partial charge < -0.3 is 15.5 Å². The minimum absolute atomic E-state index is 0.490. The molecule has 1 aromatic heterocycles. The van der Waals surface area contributed by atoms with E-state index in [-0.39, 0.29) is 0 Å². The normalized spacial score (nSPS) is 23.6. The molecule has 1 heterocycles. The van der Waals surface area contributed by atoms with Gasteiger partial charge in [0, 0.05) is 17.8 Å². The molecule has 2 unspecified atom stereocenters. The van der Waals surface area contributed by atoms with Crippen molar-refractivity contribution in [3.63, 3.8) is 0 Å². The van der Waals surface area contributed by atoms with E-state index in [2.05, 4.69) is 17.2 Å². The van der Waals surface area contributed by atoms with Crippen molar-refractivity contribution in [2.24, 2.45) is 5.92 Å². The Balaban J connectivity index is 1.74. The molecule has 19 heavy (non-hydrogen) atoms. The fourth-order valence-electron chi connectivity index (χ4n) is 2.97. The summed E-state index contributed by atoms with van der Waals surface area (Å²) in [5.74, 6) is 0.839. The summed E-state index contributed by atoms with van der Waals surface area (Å²) >= 11 is 0. The highest BCUT2D eigenvalue weighted by atomic mass is 16.4. The third-order valence-electron chi connectivity index (χ3n) is 4.10. The Labute approximate surface area is 113 Å². The molecule has 1 saturated carbocycles. The van der Waals surface area contributed by atoms with Crippen molar-refractivity contribution in [1.29, 1.82) is 0 Å². The molecule has 102 valence electrons. The van der Waals surface area contributed by atoms with Gasteiger partial charge in [-0.1, -0.05) is 26.2 Å². The number of nitrogens with two attached hydrogens (primary N) is 1. The standard InChI is InChI=1S/C15H21N3O/c1-2-10-4-3-5-12(8-10)17-15-18-13-7-6-11(16)9-14(13)19-15/h6-7,9-10,12H,2-5,8,16H2,1H3,(H,17,18). The van der Waals surface area contributed by atoms with E-state index < -0.39 is 0 Å². The van der Waals surface area contributed by atoms with Gasteiger partial charge in [-0.25, -0.2) is 0 Å². The fourth-order valence-corrected chi connectivity index (χ4v) is 2.97. The van der Waals surface area contributed by atoms with Crippen molar-refractivity contribution < 1.29 is 4.42 Å². The minimum Gasteiger partial charge on any atom is -0.423 e. The third-order valence-corrected chi connectivity index (χ3v) is 4.10. The van der Waals surface area contributed by atoms with Crippen LogP contribution in [0.4, 0.5) is 11.7 Å². The highest BCUT2D eigenvalue weighted by Crippen LogP contribution is 2.29. The lowest BCUT2D eigenvalue weighted by atomic mass is 9.84. The monoisotopic (exact) mass is 259 g/mol. The van der Waals surface area contributed by atoms with Crippen LogP contribution in [0.1, 0.15) is 39.0 Å². The first-order valence-electron chi connectivity index (χ1n) is 7.17. The maximum atomic E-state index is 5.75. The molecule has 0 amide bonds. The number of anilines is 2. The lowest BCUT2D eigenvalue weighted by Gasteiger charge is -2.28. The summed E-state index contributed by atoms with van der Waals surface area (Å²) in [6.07, 6.45) is 6.35. The van der Waals surface area contributed by atoms with Crippen LogP contribution in [0, 0.1) is 5.92 Å². The molecule has 1 aliphatic rings. The predicted molar refractivity (Wildman–Crippen MR) is 78.1 cm³/mol. The summed E-state index contributed by atoms with van der Waals surface area (Å²) in [4.78, 5) is 4.47. The predicted octanol–water partition coefficient (Wildman–Crippen LogP) is 3.79. The lowest BCUT2D eigenvalue weighted by Crippen LogP contribution is -2.27. The molecule has 0 radical (unpaired) electrons. The molecule has 0 spiro atoms. The van der Waals surface area contributed by atoms with E-state index in [9.17, 15) is 0 Å². The van der Waals surface area contributed by atoms with Gasteiger partial charge in [-0.3, -0.25) is 0 Å². The summed E-state index contributed by atoms with van der Waals surface area (Å²) < 4.78 is 5.72. The van der Waals surface area contributed by atoms with E-state index in [0.717, 1.165) is 17.0 Å². The first kappa shape index (κ1) is 12.3. The number of rotatable bonds is 3. The highest BCUT2D eigenvalue weighted by molar-refractivity contribution is 5.78. The van der Waals surface area contributed by atoms with Crippen LogP contribution in [-0.2, 0) is 0 Å². The number of nitrogens with zero attached hydrogens (tertiary/aromatic N) is 1. The second-order valence-corrected chi connectivity index (χ2v) is 5.53. The SMILES string of the molecule is CCC1CCCC(Nc2nc3ccc(N)cc3o2)C1. The Kier molecular flexibility index (Phi) is 3.32. The molecule has 0 bridgehead atoms. The lowest BCUT2D eigenvalue weighted by molar-refractivity contribution is 0.324. The second-order valence-electron chi connectivity index (χ2n) is 5.53. The van der Waals surface area contributed by atoms with Crippen LogP contribution < -0.4 is 11.1 Å². The number of hydrogen-bond acceptors (Lipinski definition) is 4. The molecule has 2 aromatic rings. The maximum absolute atomic E-state index is 5.75. The van der Waals surface area contributed by atoms with E-state index in [1.54, 1.807) is 0 Å². The van der Waals surface area contributed by atoms with Crippen LogP contribution in [0.3, 0.4) is 0 Å². The number of oxazole rings is 1. The van der Waals surface area contributed by atoms with E-state index in [0.29, 0.717) is 17.7 Å². The molecule has 4 nitrogen and oxygen atoms in total. The Hall–Kier alpha value is -1.71. The van der Waals surface area contributed by atoms with Crippen molar-refractivity contribution in [1.82, 2.24) is 4.98 Å². The van der Waals surface area contributed by atoms with Crippen LogP contribution in [0.5, 0.6) is 0 Å². The number of fused-ring (bicyclic) bond motifs is 1. The van der Waals surface area contributed by atoms with Crippen molar-refractivity contribution in [2.45, 2.75) is 45.1 Å². The molecule has 4 heteroatoms. The zero-order valence-corrected chi connectivity index (χ0v) is 11.4. The van der Waals surface area contributed by atoms with Gasteiger partial charge in [0.2, 0.25) is 0 Å². The van der Waals surface area contributed by atoms with Gasteiger partial charge in [0.1, 0.15) is 5.52 Å². The summed E-state index contributed by atoms with van der Waals surface area (Å²) in [7, 11) is 0. The fraction of sp³-hybridized carbons (Fsp3) is 0.533. The van der Waals surface area contributed by atoms with Gasteiger partial charge in [-0.15, -0.1) is 0 Å². The summed E-state index contributed by atoms with van der Waals surface area (Å²) in [5, 5.41) is 3.44. The van der Waals surface area contributed by atoms with E-state index in [1.165, 1.54) is 32.1 Å². The summed E-state index contributed by atoms with van der Waals surface area (Å²) in [6, 6.07) is 6.69. The molecule has 0 aliphatic heterocycles. The van der Waals surface area contributed by atoms with Crippen molar-refractivity contribution in [3.05, 3.63) is 18.2 Å². The average molecular weight is 259 g/mol.